The first-order valence-corrected chi connectivity index (χ1v) is 8.69. The quantitative estimate of drug-likeness (QED) is 0.713. The summed E-state index contributed by atoms with van der Waals surface area (Å²) < 4.78 is 5.60. The van der Waals surface area contributed by atoms with Gasteiger partial charge in [-0.15, -0.1) is 0 Å². The van der Waals surface area contributed by atoms with Gasteiger partial charge < -0.3 is 9.32 Å². The molecule has 1 unspecified atom stereocenters. The summed E-state index contributed by atoms with van der Waals surface area (Å²) in [6.45, 7) is 5.32. The minimum atomic E-state index is 0.0798. The lowest BCUT2D eigenvalue weighted by atomic mass is 9.94. The molecule has 5 heteroatoms. The molecule has 2 aromatic heterocycles. The molecule has 1 aromatic carbocycles. The Labute approximate surface area is 146 Å². The van der Waals surface area contributed by atoms with Crippen molar-refractivity contribution in [2.45, 2.75) is 32.6 Å². The molecule has 0 radical (unpaired) electrons. The number of hydrogen-bond donors (Lipinski definition) is 0. The van der Waals surface area contributed by atoms with Crippen LogP contribution in [0.15, 0.2) is 40.9 Å². The highest BCUT2D eigenvalue weighted by atomic mass is 16.3. The molecule has 0 N–H and O–H groups in total. The molecule has 0 saturated carbocycles. The number of carbonyl (C=O) groups excluding carboxylic acids is 1. The lowest BCUT2D eigenvalue weighted by Crippen LogP contribution is -2.39. The Morgan fingerprint density at radius 3 is 2.96 bits per heavy atom. The number of likely N-dealkylation sites (tertiary alicyclic amines) is 1. The molecule has 25 heavy (non-hydrogen) atoms. The van der Waals surface area contributed by atoms with Crippen LogP contribution in [0, 0.1) is 13.8 Å². The SMILES string of the molecule is Cc1nccc(C2CCCN(C(=O)c3ccc4oc(C)cc4c3)C2)n1. The summed E-state index contributed by atoms with van der Waals surface area (Å²) in [5.74, 6) is 1.99. The van der Waals surface area contributed by atoms with Crippen LogP contribution < -0.4 is 0 Å². The van der Waals surface area contributed by atoms with Crippen molar-refractivity contribution in [3.8, 4) is 0 Å². The van der Waals surface area contributed by atoms with Crippen LogP contribution in [0.2, 0.25) is 0 Å². The van der Waals surface area contributed by atoms with Gasteiger partial charge in [0, 0.05) is 41.8 Å². The molecule has 3 aromatic rings. The molecule has 0 bridgehead atoms. The number of furan rings is 1. The third-order valence-corrected chi connectivity index (χ3v) is 4.81. The maximum absolute atomic E-state index is 13.0. The minimum absolute atomic E-state index is 0.0798. The molecule has 0 aliphatic carbocycles. The van der Waals surface area contributed by atoms with Gasteiger partial charge in [-0.3, -0.25) is 4.79 Å². The summed E-state index contributed by atoms with van der Waals surface area (Å²) in [7, 11) is 0. The zero-order chi connectivity index (χ0) is 17.4. The number of amides is 1. The largest absolute Gasteiger partial charge is 0.461 e. The number of aromatic nitrogens is 2. The normalized spacial score (nSPS) is 17.8. The summed E-state index contributed by atoms with van der Waals surface area (Å²) in [6, 6.07) is 9.59. The van der Waals surface area contributed by atoms with E-state index in [1.54, 1.807) is 6.20 Å². The third kappa shape index (κ3) is 3.14. The fourth-order valence-corrected chi connectivity index (χ4v) is 3.60. The van der Waals surface area contributed by atoms with E-state index in [-0.39, 0.29) is 11.8 Å². The van der Waals surface area contributed by atoms with Gasteiger partial charge in [-0.1, -0.05) is 0 Å². The van der Waals surface area contributed by atoms with E-state index in [4.69, 9.17) is 4.42 Å². The summed E-state index contributed by atoms with van der Waals surface area (Å²) in [5, 5.41) is 0.975. The van der Waals surface area contributed by atoms with E-state index < -0.39 is 0 Å². The number of fused-ring (bicyclic) bond motifs is 1. The van der Waals surface area contributed by atoms with Crippen molar-refractivity contribution in [3.05, 3.63) is 59.4 Å². The Hall–Kier alpha value is -2.69. The highest BCUT2D eigenvalue weighted by Gasteiger charge is 2.26. The van der Waals surface area contributed by atoms with Gasteiger partial charge >= 0.3 is 0 Å². The van der Waals surface area contributed by atoms with E-state index in [1.807, 2.05) is 49.1 Å². The number of piperidine rings is 1. The second-order valence-corrected chi connectivity index (χ2v) is 6.73. The molecule has 1 fully saturated rings. The van der Waals surface area contributed by atoms with Crippen molar-refractivity contribution in [1.29, 1.82) is 0 Å². The minimum Gasteiger partial charge on any atom is -0.461 e. The van der Waals surface area contributed by atoms with Crippen molar-refractivity contribution in [1.82, 2.24) is 14.9 Å². The van der Waals surface area contributed by atoms with Gasteiger partial charge in [0.1, 0.15) is 17.2 Å². The Balaban J connectivity index is 1.56. The molecular formula is C20H21N3O2. The molecule has 1 aliphatic rings. The Kier molecular flexibility index (Phi) is 3.99. The molecule has 128 valence electrons. The van der Waals surface area contributed by atoms with Gasteiger partial charge in [-0.05, 0) is 57.0 Å². The summed E-state index contributed by atoms with van der Waals surface area (Å²) in [5.41, 5.74) is 2.57. The summed E-state index contributed by atoms with van der Waals surface area (Å²) >= 11 is 0. The number of rotatable bonds is 2. The monoisotopic (exact) mass is 335 g/mol. The highest BCUT2D eigenvalue weighted by Crippen LogP contribution is 2.27. The topological polar surface area (TPSA) is 59.2 Å². The average Bonchev–Trinajstić information content (AvgIpc) is 3.00. The number of hydrogen-bond acceptors (Lipinski definition) is 4. The predicted molar refractivity (Wildman–Crippen MR) is 95.6 cm³/mol. The van der Waals surface area contributed by atoms with Gasteiger partial charge in [-0.2, -0.15) is 0 Å². The Morgan fingerprint density at radius 2 is 2.12 bits per heavy atom. The van der Waals surface area contributed by atoms with Crippen molar-refractivity contribution in [3.63, 3.8) is 0 Å². The average molecular weight is 335 g/mol. The van der Waals surface area contributed by atoms with E-state index in [9.17, 15) is 4.79 Å². The molecule has 1 atom stereocenters. The Morgan fingerprint density at radius 1 is 1.24 bits per heavy atom. The molecule has 4 rings (SSSR count). The lowest BCUT2D eigenvalue weighted by molar-refractivity contribution is 0.0706. The predicted octanol–water partition coefficient (Wildman–Crippen LogP) is 3.86. The van der Waals surface area contributed by atoms with Crippen molar-refractivity contribution in [2.75, 3.05) is 13.1 Å². The van der Waals surface area contributed by atoms with Crippen LogP contribution in [0.5, 0.6) is 0 Å². The van der Waals surface area contributed by atoms with E-state index in [1.165, 1.54) is 0 Å². The van der Waals surface area contributed by atoms with Crippen molar-refractivity contribution < 1.29 is 9.21 Å². The molecule has 1 saturated heterocycles. The van der Waals surface area contributed by atoms with Crippen LogP contribution in [0.4, 0.5) is 0 Å². The van der Waals surface area contributed by atoms with Crippen molar-refractivity contribution >= 4 is 16.9 Å². The van der Waals surface area contributed by atoms with Crippen LogP contribution in [0.25, 0.3) is 11.0 Å². The third-order valence-electron chi connectivity index (χ3n) is 4.81. The fourth-order valence-electron chi connectivity index (χ4n) is 3.60. The molecule has 0 spiro atoms. The van der Waals surface area contributed by atoms with Crippen LogP contribution in [0.3, 0.4) is 0 Å². The van der Waals surface area contributed by atoms with Crippen LogP contribution >= 0.6 is 0 Å². The Bertz CT molecular complexity index is 932. The smallest absolute Gasteiger partial charge is 0.253 e. The zero-order valence-corrected chi connectivity index (χ0v) is 14.5. The van der Waals surface area contributed by atoms with E-state index in [0.29, 0.717) is 12.1 Å². The molecule has 3 heterocycles. The maximum atomic E-state index is 13.0. The van der Waals surface area contributed by atoms with Gasteiger partial charge in [0.25, 0.3) is 5.91 Å². The lowest BCUT2D eigenvalue weighted by Gasteiger charge is -2.32. The first kappa shape index (κ1) is 15.8. The molecular weight excluding hydrogens is 314 g/mol. The summed E-state index contributed by atoms with van der Waals surface area (Å²) in [6.07, 6.45) is 3.85. The molecule has 1 aliphatic heterocycles. The second kappa shape index (κ2) is 6.31. The second-order valence-electron chi connectivity index (χ2n) is 6.73. The van der Waals surface area contributed by atoms with Crippen LogP contribution in [0.1, 0.15) is 46.4 Å². The van der Waals surface area contributed by atoms with Gasteiger partial charge in [0.2, 0.25) is 0 Å². The number of nitrogens with zero attached hydrogens (tertiary/aromatic N) is 3. The van der Waals surface area contributed by atoms with Gasteiger partial charge in [0.15, 0.2) is 0 Å². The van der Waals surface area contributed by atoms with Gasteiger partial charge in [0.05, 0.1) is 0 Å². The van der Waals surface area contributed by atoms with E-state index in [2.05, 4.69) is 9.97 Å². The maximum Gasteiger partial charge on any atom is 0.253 e. The van der Waals surface area contributed by atoms with E-state index in [0.717, 1.165) is 47.6 Å². The zero-order valence-electron chi connectivity index (χ0n) is 14.5. The summed E-state index contributed by atoms with van der Waals surface area (Å²) in [4.78, 5) is 23.6. The van der Waals surface area contributed by atoms with Crippen molar-refractivity contribution in [2.24, 2.45) is 0 Å². The first-order chi connectivity index (χ1) is 12.1. The fraction of sp³-hybridized carbons (Fsp3) is 0.350. The molecule has 5 nitrogen and oxygen atoms in total. The van der Waals surface area contributed by atoms with Crippen LogP contribution in [-0.2, 0) is 0 Å². The van der Waals surface area contributed by atoms with E-state index >= 15 is 0 Å². The standard InChI is InChI=1S/C20H21N3O2/c1-13-10-17-11-15(5-6-19(17)25-13)20(24)23-9-3-4-16(12-23)18-7-8-21-14(2)22-18/h5-8,10-11,16H,3-4,9,12H2,1-2H3. The first-order valence-electron chi connectivity index (χ1n) is 8.69. The molecule has 1 amide bonds. The number of aryl methyl sites for hydroxylation is 2. The number of carbonyl (C=O) groups is 1. The van der Waals surface area contributed by atoms with Gasteiger partial charge in [-0.25, -0.2) is 9.97 Å². The number of benzene rings is 1. The van der Waals surface area contributed by atoms with Crippen LogP contribution in [-0.4, -0.2) is 33.9 Å². The highest BCUT2D eigenvalue weighted by molar-refractivity contribution is 5.98.